The molecule has 0 aromatic heterocycles. The third-order valence-corrected chi connectivity index (χ3v) is 3.93. The quantitative estimate of drug-likeness (QED) is 0.841. The molecular weight excluding hydrogens is 278 g/mol. The summed E-state index contributed by atoms with van der Waals surface area (Å²) in [6.45, 7) is 1.88. The highest BCUT2D eigenvalue weighted by Gasteiger charge is 2.33. The number of carbonyl (C=O) groups is 2. The zero-order valence-electron chi connectivity index (χ0n) is 11.1. The van der Waals surface area contributed by atoms with Gasteiger partial charge in [0, 0.05) is 10.7 Å². The number of aliphatic carboxylic acids is 1. The van der Waals surface area contributed by atoms with Crippen molar-refractivity contribution in [3.8, 4) is 0 Å². The Morgan fingerprint density at radius 3 is 2.50 bits per heavy atom. The highest BCUT2D eigenvalue weighted by molar-refractivity contribution is 6.31. The van der Waals surface area contributed by atoms with E-state index in [0.717, 1.165) is 5.56 Å². The summed E-state index contributed by atoms with van der Waals surface area (Å²) >= 11 is 6.01. The first-order valence-electron chi connectivity index (χ1n) is 6.44. The van der Waals surface area contributed by atoms with E-state index in [1.807, 2.05) is 25.1 Å². The average molecular weight is 294 g/mol. The van der Waals surface area contributed by atoms with Gasteiger partial charge in [-0.3, -0.25) is 9.59 Å². The molecule has 2 rings (SSSR count). The van der Waals surface area contributed by atoms with Gasteiger partial charge in [-0.15, -0.1) is 0 Å². The number of rotatable bonds is 3. The van der Waals surface area contributed by atoms with Gasteiger partial charge in [0.05, 0.1) is 11.8 Å². The highest BCUT2D eigenvalue weighted by Crippen LogP contribution is 2.28. The molecule has 0 spiro atoms. The van der Waals surface area contributed by atoms with Crippen LogP contribution in [-0.2, 0) is 9.59 Å². The maximum Gasteiger partial charge on any atom is 0.307 e. The maximum atomic E-state index is 12.2. The van der Waals surface area contributed by atoms with Crippen LogP contribution in [0.15, 0.2) is 30.4 Å². The lowest BCUT2D eigenvalue weighted by molar-refractivity contribution is -0.146. The van der Waals surface area contributed by atoms with Crippen LogP contribution < -0.4 is 5.32 Å². The molecule has 0 bridgehead atoms. The summed E-state index contributed by atoms with van der Waals surface area (Å²) in [5.74, 6) is -2.42. The van der Waals surface area contributed by atoms with Crippen molar-refractivity contribution >= 4 is 29.2 Å². The summed E-state index contributed by atoms with van der Waals surface area (Å²) in [6, 6.07) is 5.24. The number of allylic oxidation sites excluding steroid dienone is 2. The molecule has 1 aliphatic carbocycles. The minimum Gasteiger partial charge on any atom is -0.481 e. The van der Waals surface area contributed by atoms with E-state index in [1.165, 1.54) is 0 Å². The fourth-order valence-corrected chi connectivity index (χ4v) is 2.46. The topological polar surface area (TPSA) is 66.4 Å². The predicted octanol–water partition coefficient (Wildman–Crippen LogP) is 3.25. The molecule has 0 fully saturated rings. The fourth-order valence-electron chi connectivity index (χ4n) is 2.28. The van der Waals surface area contributed by atoms with E-state index in [0.29, 0.717) is 23.6 Å². The van der Waals surface area contributed by atoms with Gasteiger partial charge in [-0.2, -0.15) is 0 Å². The number of anilines is 1. The van der Waals surface area contributed by atoms with E-state index in [-0.39, 0.29) is 5.91 Å². The molecule has 106 valence electrons. The van der Waals surface area contributed by atoms with Gasteiger partial charge in [0.1, 0.15) is 0 Å². The number of nitrogens with one attached hydrogen (secondary N) is 1. The second kappa shape index (κ2) is 6.09. The Hall–Kier alpha value is -1.81. The highest BCUT2D eigenvalue weighted by atomic mass is 35.5. The van der Waals surface area contributed by atoms with Crippen molar-refractivity contribution in [1.29, 1.82) is 0 Å². The van der Waals surface area contributed by atoms with Crippen LogP contribution in [0.1, 0.15) is 18.4 Å². The number of hydrogen-bond acceptors (Lipinski definition) is 2. The molecule has 1 aromatic rings. The monoisotopic (exact) mass is 293 g/mol. The van der Waals surface area contributed by atoms with Crippen molar-refractivity contribution in [3.63, 3.8) is 0 Å². The zero-order chi connectivity index (χ0) is 14.7. The number of carbonyl (C=O) groups excluding carboxylic acids is 1. The summed E-state index contributed by atoms with van der Waals surface area (Å²) in [7, 11) is 0. The second-order valence-corrected chi connectivity index (χ2v) is 5.35. The Balaban J connectivity index is 2.12. The van der Waals surface area contributed by atoms with Crippen LogP contribution in [0, 0.1) is 18.8 Å². The first kappa shape index (κ1) is 14.6. The van der Waals surface area contributed by atoms with Crippen LogP contribution in [0.5, 0.6) is 0 Å². The molecule has 0 heterocycles. The smallest absolute Gasteiger partial charge is 0.307 e. The molecule has 0 radical (unpaired) electrons. The van der Waals surface area contributed by atoms with Gasteiger partial charge < -0.3 is 10.4 Å². The van der Waals surface area contributed by atoms with Crippen LogP contribution in [-0.4, -0.2) is 17.0 Å². The number of carboxylic acids is 1. The third-order valence-electron chi connectivity index (χ3n) is 3.53. The van der Waals surface area contributed by atoms with E-state index in [9.17, 15) is 9.59 Å². The molecule has 5 heteroatoms. The molecule has 0 saturated carbocycles. The number of halogens is 1. The lowest BCUT2D eigenvalue weighted by Gasteiger charge is -2.24. The van der Waals surface area contributed by atoms with Crippen LogP contribution in [0.3, 0.4) is 0 Å². The van der Waals surface area contributed by atoms with Gasteiger partial charge in [0.25, 0.3) is 0 Å². The molecule has 0 saturated heterocycles. The standard InChI is InChI=1S/C15H16ClNO3/c1-9-6-7-10(8-13(9)16)17-14(18)11-4-2-3-5-12(11)15(19)20/h2-3,6-8,11-12H,4-5H2,1H3,(H,17,18)(H,19,20)/t11-,12+/m0/s1. The van der Waals surface area contributed by atoms with Crippen molar-refractivity contribution in [2.75, 3.05) is 5.32 Å². The summed E-state index contributed by atoms with van der Waals surface area (Å²) in [5.41, 5.74) is 1.51. The van der Waals surface area contributed by atoms with Crippen LogP contribution in [0.25, 0.3) is 0 Å². The lowest BCUT2D eigenvalue weighted by atomic mass is 9.82. The minimum absolute atomic E-state index is 0.276. The van der Waals surface area contributed by atoms with Crippen molar-refractivity contribution in [2.24, 2.45) is 11.8 Å². The van der Waals surface area contributed by atoms with E-state index in [1.54, 1.807) is 12.1 Å². The zero-order valence-corrected chi connectivity index (χ0v) is 11.9. The summed E-state index contributed by atoms with van der Waals surface area (Å²) < 4.78 is 0. The SMILES string of the molecule is Cc1ccc(NC(=O)[C@H]2CC=CC[C@H]2C(=O)O)cc1Cl. The van der Waals surface area contributed by atoms with Crippen molar-refractivity contribution in [1.82, 2.24) is 0 Å². The normalized spacial score (nSPS) is 21.5. The largest absolute Gasteiger partial charge is 0.481 e. The van der Waals surface area contributed by atoms with E-state index >= 15 is 0 Å². The van der Waals surface area contributed by atoms with Gasteiger partial charge >= 0.3 is 5.97 Å². The van der Waals surface area contributed by atoms with Gasteiger partial charge in [0.2, 0.25) is 5.91 Å². The summed E-state index contributed by atoms with van der Waals surface area (Å²) in [4.78, 5) is 23.4. The molecule has 0 unspecified atom stereocenters. The van der Waals surface area contributed by atoms with E-state index in [4.69, 9.17) is 16.7 Å². The van der Waals surface area contributed by atoms with Crippen molar-refractivity contribution < 1.29 is 14.7 Å². The van der Waals surface area contributed by atoms with Gasteiger partial charge in [-0.1, -0.05) is 29.8 Å². The van der Waals surface area contributed by atoms with E-state index in [2.05, 4.69) is 5.32 Å². The summed E-state index contributed by atoms with van der Waals surface area (Å²) in [5, 5.41) is 12.5. The van der Waals surface area contributed by atoms with Crippen molar-refractivity contribution in [2.45, 2.75) is 19.8 Å². The van der Waals surface area contributed by atoms with Crippen LogP contribution >= 0.6 is 11.6 Å². The van der Waals surface area contributed by atoms with Crippen LogP contribution in [0.4, 0.5) is 5.69 Å². The Morgan fingerprint density at radius 1 is 1.25 bits per heavy atom. The van der Waals surface area contributed by atoms with Crippen molar-refractivity contribution in [3.05, 3.63) is 40.9 Å². The number of hydrogen-bond donors (Lipinski definition) is 2. The predicted molar refractivity (Wildman–Crippen MR) is 77.8 cm³/mol. The van der Waals surface area contributed by atoms with Gasteiger partial charge in [-0.25, -0.2) is 0 Å². The van der Waals surface area contributed by atoms with E-state index < -0.39 is 17.8 Å². The molecule has 4 nitrogen and oxygen atoms in total. The second-order valence-electron chi connectivity index (χ2n) is 4.95. The fraction of sp³-hybridized carbons (Fsp3) is 0.333. The number of aryl methyl sites for hydroxylation is 1. The van der Waals surface area contributed by atoms with Gasteiger partial charge in [0.15, 0.2) is 0 Å². The first-order valence-corrected chi connectivity index (χ1v) is 6.81. The Morgan fingerprint density at radius 2 is 1.90 bits per heavy atom. The minimum atomic E-state index is -0.934. The Labute approximate surface area is 122 Å². The Bertz CT molecular complexity index is 568. The average Bonchev–Trinajstić information content (AvgIpc) is 2.43. The maximum absolute atomic E-state index is 12.2. The third kappa shape index (κ3) is 3.20. The molecule has 2 N–H and O–H groups in total. The molecule has 2 atom stereocenters. The molecule has 20 heavy (non-hydrogen) atoms. The lowest BCUT2D eigenvalue weighted by Crippen LogP contribution is -2.34. The first-order chi connectivity index (χ1) is 9.49. The molecular formula is C15H16ClNO3. The number of amides is 1. The van der Waals surface area contributed by atoms with Crippen LogP contribution in [0.2, 0.25) is 5.02 Å². The molecule has 1 aliphatic rings. The molecule has 1 amide bonds. The molecule has 1 aromatic carbocycles. The number of carboxylic acid groups (broad SMARTS) is 1. The summed E-state index contributed by atoms with van der Waals surface area (Å²) in [6.07, 6.45) is 4.50. The Kier molecular flexibility index (Phi) is 4.45. The molecule has 0 aliphatic heterocycles. The number of benzene rings is 1. The van der Waals surface area contributed by atoms with Gasteiger partial charge in [-0.05, 0) is 37.5 Å².